The van der Waals surface area contributed by atoms with Crippen molar-refractivity contribution in [2.45, 2.75) is 39.1 Å². The third-order valence-corrected chi connectivity index (χ3v) is 5.00. The minimum absolute atomic E-state index is 0.00369. The molecular weight excluding hydrogens is 504 g/mol. The largest absolute Gasteiger partial charge is 0.551 e. The van der Waals surface area contributed by atoms with E-state index < -0.39 is 68.7 Å². The number of hydrogen-bond acceptors (Lipinski definition) is 7. The number of amides is 3. The van der Waals surface area contributed by atoms with E-state index in [9.17, 15) is 24.0 Å². The Bertz CT molecular complexity index is 932. The van der Waals surface area contributed by atoms with Gasteiger partial charge in [-0.15, -0.1) is 0 Å². The third-order valence-electron chi connectivity index (χ3n) is 4.43. The molecule has 1 aromatic rings. The molecule has 0 fully saturated rings. The summed E-state index contributed by atoms with van der Waals surface area (Å²) in [6, 6.07) is 4.32. The maximum absolute atomic E-state index is 12.6. The monoisotopic (exact) mass is 531 g/mol. The van der Waals surface area contributed by atoms with Crippen LogP contribution in [0.1, 0.15) is 43.5 Å². The second-order valence-corrected chi connectivity index (χ2v) is 8.69. The first-order valence-corrected chi connectivity index (χ1v) is 11.4. The molecule has 35 heavy (non-hydrogen) atoms. The fourth-order valence-electron chi connectivity index (χ4n) is 2.79. The molecule has 0 aliphatic rings. The van der Waals surface area contributed by atoms with Gasteiger partial charge in [0.05, 0.1) is 35.9 Å². The summed E-state index contributed by atoms with van der Waals surface area (Å²) in [7, 11) is 0.0138. The number of carboxylic acid groups (broad SMARTS) is 1. The lowest BCUT2D eigenvalue weighted by atomic mass is 9.73. The zero-order valence-electron chi connectivity index (χ0n) is 19.6. The number of halogens is 2. The van der Waals surface area contributed by atoms with E-state index in [1.165, 1.54) is 25.2 Å². The predicted molar refractivity (Wildman–Crippen MR) is 129 cm³/mol. The summed E-state index contributed by atoms with van der Waals surface area (Å²) < 4.78 is 10.7. The molecule has 0 heterocycles. The van der Waals surface area contributed by atoms with Crippen molar-refractivity contribution in [1.82, 2.24) is 16.0 Å². The standard InChI is InChI=1S/C21H28BCl2N3O8/c1-12(2)8-16(22(34-11-18(29)25-3)35-20(32)7-6-19(30)31)27-17(28)10-26-21(33)14-9-13(23)4-5-15(14)24/h4-5,9,12,16H,6-8,10-11H2,1-3H3,(H,25,29)(H,26,33)(H,27,28)(H,30,31)/t16-/m0/s1. The van der Waals surface area contributed by atoms with Crippen molar-refractivity contribution in [1.29, 1.82) is 0 Å². The summed E-state index contributed by atoms with van der Waals surface area (Å²) >= 11 is 11.9. The normalized spacial score (nSPS) is 11.4. The lowest BCUT2D eigenvalue weighted by Crippen LogP contribution is -2.53. The van der Waals surface area contributed by atoms with Gasteiger partial charge in [0, 0.05) is 12.1 Å². The second-order valence-electron chi connectivity index (χ2n) is 7.85. The van der Waals surface area contributed by atoms with Crippen molar-refractivity contribution in [3.63, 3.8) is 0 Å². The molecule has 11 nitrogen and oxygen atoms in total. The molecule has 0 aromatic heterocycles. The van der Waals surface area contributed by atoms with E-state index >= 15 is 0 Å². The van der Waals surface area contributed by atoms with Gasteiger partial charge in [-0.25, -0.2) is 0 Å². The van der Waals surface area contributed by atoms with Crippen LogP contribution in [0.4, 0.5) is 0 Å². The van der Waals surface area contributed by atoms with Crippen molar-refractivity contribution in [3.05, 3.63) is 33.8 Å². The van der Waals surface area contributed by atoms with Gasteiger partial charge in [-0.05, 0) is 30.5 Å². The van der Waals surface area contributed by atoms with Crippen LogP contribution in [0.5, 0.6) is 0 Å². The topological polar surface area (TPSA) is 160 Å². The molecule has 192 valence electrons. The minimum atomic E-state index is -1.38. The second kappa shape index (κ2) is 15.2. The first-order chi connectivity index (χ1) is 16.4. The van der Waals surface area contributed by atoms with Gasteiger partial charge >= 0.3 is 13.1 Å². The summed E-state index contributed by atoms with van der Waals surface area (Å²) in [5.41, 5.74) is 0.0878. The SMILES string of the molecule is CNC(=O)COB(OC(=O)CCC(=O)O)[C@H](CC(C)C)NC(=O)CNC(=O)c1cc(Cl)ccc1Cl. The number of rotatable bonds is 14. The summed E-state index contributed by atoms with van der Waals surface area (Å²) in [6.45, 7) is 2.79. The quantitative estimate of drug-likeness (QED) is 0.262. The number of carbonyl (C=O) groups is 5. The first kappa shape index (κ1) is 30.2. The first-order valence-electron chi connectivity index (χ1n) is 10.7. The molecule has 3 amide bonds. The van der Waals surface area contributed by atoms with Crippen molar-refractivity contribution in [3.8, 4) is 0 Å². The van der Waals surface area contributed by atoms with Gasteiger partial charge < -0.3 is 30.4 Å². The van der Waals surface area contributed by atoms with Crippen LogP contribution in [0.15, 0.2) is 18.2 Å². The van der Waals surface area contributed by atoms with Crippen LogP contribution in [0.2, 0.25) is 10.0 Å². The molecule has 0 aliphatic carbocycles. The van der Waals surface area contributed by atoms with Crippen molar-refractivity contribution < 1.29 is 38.4 Å². The molecule has 1 aromatic carbocycles. The Labute approximate surface area is 213 Å². The number of benzene rings is 1. The highest BCUT2D eigenvalue weighted by Crippen LogP contribution is 2.20. The van der Waals surface area contributed by atoms with E-state index in [0.29, 0.717) is 5.02 Å². The maximum atomic E-state index is 12.6. The molecule has 1 rings (SSSR count). The van der Waals surface area contributed by atoms with Gasteiger partial charge in [-0.1, -0.05) is 37.0 Å². The number of carbonyl (C=O) groups excluding carboxylic acids is 4. The number of aliphatic carboxylic acids is 1. The lowest BCUT2D eigenvalue weighted by Gasteiger charge is -2.25. The van der Waals surface area contributed by atoms with Gasteiger partial charge in [0.15, 0.2) is 0 Å². The third kappa shape index (κ3) is 11.9. The molecule has 0 spiro atoms. The number of carboxylic acids is 1. The Morgan fingerprint density at radius 3 is 2.37 bits per heavy atom. The summed E-state index contributed by atoms with van der Waals surface area (Å²) in [5, 5.41) is 16.6. The van der Waals surface area contributed by atoms with E-state index in [4.69, 9.17) is 37.6 Å². The van der Waals surface area contributed by atoms with Crippen molar-refractivity contribution in [2.24, 2.45) is 5.92 Å². The van der Waals surface area contributed by atoms with Crippen molar-refractivity contribution in [2.75, 3.05) is 20.2 Å². The highest BCUT2D eigenvalue weighted by Gasteiger charge is 2.36. The van der Waals surface area contributed by atoms with Gasteiger partial charge in [-0.3, -0.25) is 24.0 Å². The van der Waals surface area contributed by atoms with Gasteiger partial charge in [0.2, 0.25) is 11.8 Å². The summed E-state index contributed by atoms with van der Waals surface area (Å²) in [4.78, 5) is 59.5. The lowest BCUT2D eigenvalue weighted by molar-refractivity contribution is -0.143. The van der Waals surface area contributed by atoms with Gasteiger partial charge in [0.25, 0.3) is 11.9 Å². The van der Waals surface area contributed by atoms with E-state index in [1.54, 1.807) is 0 Å². The molecule has 0 radical (unpaired) electrons. The molecule has 14 heteroatoms. The molecular formula is C21H28BCl2N3O8. The van der Waals surface area contributed by atoms with Crippen LogP contribution in [0.25, 0.3) is 0 Å². The molecule has 0 bridgehead atoms. The maximum Gasteiger partial charge on any atom is 0.551 e. The van der Waals surface area contributed by atoms with Crippen LogP contribution in [0, 0.1) is 5.92 Å². The van der Waals surface area contributed by atoms with E-state index in [-0.39, 0.29) is 22.9 Å². The molecule has 0 unspecified atom stereocenters. The van der Waals surface area contributed by atoms with Crippen LogP contribution < -0.4 is 16.0 Å². The summed E-state index contributed by atoms with van der Waals surface area (Å²) in [5.74, 6) is -4.71. The average Bonchev–Trinajstić information content (AvgIpc) is 2.79. The Balaban J connectivity index is 2.91. The van der Waals surface area contributed by atoms with Crippen LogP contribution >= 0.6 is 23.2 Å². The molecule has 1 atom stereocenters. The van der Waals surface area contributed by atoms with Crippen LogP contribution in [-0.4, -0.2) is 68.0 Å². The Morgan fingerprint density at radius 2 is 1.77 bits per heavy atom. The van der Waals surface area contributed by atoms with E-state index in [1.807, 2.05) is 13.8 Å². The summed E-state index contributed by atoms with van der Waals surface area (Å²) in [6.07, 6.45) is -0.599. The minimum Gasteiger partial charge on any atom is -0.508 e. The fraction of sp³-hybridized carbons (Fsp3) is 0.476. The smallest absolute Gasteiger partial charge is 0.508 e. The Morgan fingerprint density at radius 1 is 1.09 bits per heavy atom. The van der Waals surface area contributed by atoms with E-state index in [2.05, 4.69) is 16.0 Å². The fourth-order valence-corrected chi connectivity index (χ4v) is 3.17. The van der Waals surface area contributed by atoms with Crippen molar-refractivity contribution >= 4 is 60.0 Å². The zero-order valence-corrected chi connectivity index (χ0v) is 21.1. The zero-order chi connectivity index (χ0) is 26.5. The Hall–Kier alpha value is -2.83. The molecule has 0 saturated heterocycles. The Kier molecular flexibility index (Phi) is 13.1. The van der Waals surface area contributed by atoms with Gasteiger partial charge in [0.1, 0.15) is 6.61 Å². The van der Waals surface area contributed by atoms with Crippen LogP contribution in [-0.2, 0) is 28.5 Å². The highest BCUT2D eigenvalue weighted by molar-refractivity contribution is 6.49. The molecule has 4 N–H and O–H groups in total. The number of hydrogen-bond donors (Lipinski definition) is 4. The average molecular weight is 532 g/mol. The highest BCUT2D eigenvalue weighted by atomic mass is 35.5. The molecule has 0 saturated carbocycles. The molecule has 0 aliphatic heterocycles. The number of nitrogens with one attached hydrogen (secondary N) is 3. The van der Waals surface area contributed by atoms with Crippen LogP contribution in [0.3, 0.4) is 0 Å². The number of likely N-dealkylation sites (N-methyl/N-ethyl adjacent to an activating group) is 1. The predicted octanol–water partition coefficient (Wildman–Crippen LogP) is 1.45. The van der Waals surface area contributed by atoms with E-state index in [0.717, 1.165) is 0 Å². The van der Waals surface area contributed by atoms with Gasteiger partial charge in [-0.2, -0.15) is 0 Å².